The average molecular weight is 287 g/mol. The summed E-state index contributed by atoms with van der Waals surface area (Å²) < 4.78 is 0. The first-order chi connectivity index (χ1) is 10.1. The van der Waals surface area contributed by atoms with E-state index in [-0.39, 0.29) is 0 Å². The molecule has 3 heteroatoms. The zero-order chi connectivity index (χ0) is 15.0. The van der Waals surface area contributed by atoms with Gasteiger partial charge in [0, 0.05) is 43.6 Å². The molecule has 1 aromatic carbocycles. The molecule has 1 aromatic rings. The molecular weight excluding hydrogens is 258 g/mol. The standard InChI is InChI=1S/C18H29N3/c1-5-19-14-10-15-8-9-16(11-14)21(15)17-7-6-13(2)18(12-17)20(3)4/h6-7,12,14-16,19H,5,8-11H2,1-4H3. The van der Waals surface area contributed by atoms with Gasteiger partial charge in [-0.3, -0.25) is 0 Å². The van der Waals surface area contributed by atoms with Crippen LogP contribution >= 0.6 is 0 Å². The van der Waals surface area contributed by atoms with Gasteiger partial charge in [0.2, 0.25) is 0 Å². The highest BCUT2D eigenvalue weighted by molar-refractivity contribution is 5.64. The number of aryl methyl sites for hydroxylation is 1. The molecule has 0 radical (unpaired) electrons. The molecule has 2 saturated heterocycles. The molecule has 0 aromatic heterocycles. The fraction of sp³-hybridized carbons (Fsp3) is 0.667. The summed E-state index contributed by atoms with van der Waals surface area (Å²) in [6, 6.07) is 9.16. The van der Waals surface area contributed by atoms with E-state index in [0.717, 1.165) is 24.7 Å². The highest BCUT2D eigenvalue weighted by Crippen LogP contribution is 2.40. The van der Waals surface area contributed by atoms with Gasteiger partial charge in [0.05, 0.1) is 0 Å². The van der Waals surface area contributed by atoms with Crippen LogP contribution in [0.4, 0.5) is 11.4 Å². The summed E-state index contributed by atoms with van der Waals surface area (Å²) in [4.78, 5) is 4.94. The lowest BCUT2D eigenvalue weighted by Crippen LogP contribution is -2.49. The largest absolute Gasteiger partial charge is 0.377 e. The third-order valence-corrected chi connectivity index (χ3v) is 5.20. The van der Waals surface area contributed by atoms with Crippen molar-refractivity contribution in [3.63, 3.8) is 0 Å². The quantitative estimate of drug-likeness (QED) is 0.917. The smallest absolute Gasteiger partial charge is 0.0411 e. The molecule has 2 aliphatic rings. The number of anilines is 2. The van der Waals surface area contributed by atoms with Crippen LogP contribution in [0.2, 0.25) is 0 Å². The van der Waals surface area contributed by atoms with Gasteiger partial charge in [0.1, 0.15) is 0 Å². The third kappa shape index (κ3) is 2.76. The van der Waals surface area contributed by atoms with Crippen LogP contribution in [0.15, 0.2) is 18.2 Å². The second kappa shape index (κ2) is 5.88. The Morgan fingerprint density at radius 3 is 2.43 bits per heavy atom. The second-order valence-corrected chi connectivity index (χ2v) is 6.88. The van der Waals surface area contributed by atoms with Crippen molar-refractivity contribution in [3.05, 3.63) is 23.8 Å². The molecule has 2 heterocycles. The minimum absolute atomic E-state index is 0.725. The summed E-state index contributed by atoms with van der Waals surface area (Å²) in [6.07, 6.45) is 5.32. The van der Waals surface area contributed by atoms with E-state index in [1.54, 1.807) is 0 Å². The van der Waals surface area contributed by atoms with Crippen molar-refractivity contribution in [1.29, 1.82) is 0 Å². The summed E-state index contributed by atoms with van der Waals surface area (Å²) >= 11 is 0. The second-order valence-electron chi connectivity index (χ2n) is 6.88. The van der Waals surface area contributed by atoms with E-state index in [2.05, 4.69) is 61.3 Å². The molecule has 0 aliphatic carbocycles. The SMILES string of the molecule is CCNC1CC2CCC(C1)N2c1ccc(C)c(N(C)C)c1. The summed E-state index contributed by atoms with van der Waals surface area (Å²) in [7, 11) is 4.27. The number of hydrogen-bond acceptors (Lipinski definition) is 3. The van der Waals surface area contributed by atoms with Gasteiger partial charge >= 0.3 is 0 Å². The predicted octanol–water partition coefficient (Wildman–Crippen LogP) is 3.17. The monoisotopic (exact) mass is 287 g/mol. The van der Waals surface area contributed by atoms with E-state index in [1.165, 1.54) is 42.6 Å². The molecule has 3 rings (SSSR count). The summed E-state index contributed by atoms with van der Waals surface area (Å²) in [5.41, 5.74) is 4.13. The average Bonchev–Trinajstić information content (AvgIpc) is 2.71. The molecule has 3 nitrogen and oxygen atoms in total. The van der Waals surface area contributed by atoms with Crippen LogP contribution in [0.3, 0.4) is 0 Å². The Balaban J connectivity index is 1.84. The van der Waals surface area contributed by atoms with Gasteiger partial charge in [-0.1, -0.05) is 13.0 Å². The van der Waals surface area contributed by atoms with Crippen LogP contribution in [0, 0.1) is 6.92 Å². The van der Waals surface area contributed by atoms with Crippen LogP contribution in [0.25, 0.3) is 0 Å². The number of benzene rings is 1. The molecule has 2 fully saturated rings. The van der Waals surface area contributed by atoms with Crippen LogP contribution in [0.1, 0.15) is 38.2 Å². The number of nitrogens with one attached hydrogen (secondary N) is 1. The molecule has 2 bridgehead atoms. The maximum Gasteiger partial charge on any atom is 0.0411 e. The highest BCUT2D eigenvalue weighted by Gasteiger charge is 2.40. The third-order valence-electron chi connectivity index (χ3n) is 5.20. The van der Waals surface area contributed by atoms with E-state index in [4.69, 9.17) is 0 Å². The van der Waals surface area contributed by atoms with Crippen molar-refractivity contribution in [2.75, 3.05) is 30.4 Å². The van der Waals surface area contributed by atoms with E-state index in [1.807, 2.05) is 0 Å². The van der Waals surface area contributed by atoms with Crippen molar-refractivity contribution >= 4 is 11.4 Å². The number of fused-ring (bicyclic) bond motifs is 2. The molecule has 2 aliphatic heterocycles. The minimum atomic E-state index is 0.725. The van der Waals surface area contributed by atoms with Gasteiger partial charge in [0.15, 0.2) is 0 Å². The molecular formula is C18H29N3. The van der Waals surface area contributed by atoms with Crippen LogP contribution in [0.5, 0.6) is 0 Å². The van der Waals surface area contributed by atoms with Crippen LogP contribution in [-0.2, 0) is 0 Å². The van der Waals surface area contributed by atoms with Crippen molar-refractivity contribution in [2.24, 2.45) is 0 Å². The maximum absolute atomic E-state index is 3.66. The lowest BCUT2D eigenvalue weighted by Gasteiger charge is -2.41. The topological polar surface area (TPSA) is 18.5 Å². The van der Waals surface area contributed by atoms with Crippen LogP contribution in [-0.4, -0.2) is 38.8 Å². The molecule has 2 atom stereocenters. The molecule has 0 saturated carbocycles. The fourth-order valence-electron chi connectivity index (χ4n) is 4.29. The van der Waals surface area contributed by atoms with Crippen molar-refractivity contribution in [1.82, 2.24) is 5.32 Å². The highest BCUT2D eigenvalue weighted by atomic mass is 15.2. The first kappa shape index (κ1) is 14.7. The zero-order valence-electron chi connectivity index (χ0n) is 13.9. The zero-order valence-corrected chi connectivity index (χ0v) is 13.9. The number of rotatable bonds is 4. The van der Waals surface area contributed by atoms with Crippen molar-refractivity contribution in [3.8, 4) is 0 Å². The van der Waals surface area contributed by atoms with Crippen LogP contribution < -0.4 is 15.1 Å². The fourth-order valence-corrected chi connectivity index (χ4v) is 4.29. The van der Waals surface area contributed by atoms with E-state index < -0.39 is 0 Å². The van der Waals surface area contributed by atoms with Crippen molar-refractivity contribution < 1.29 is 0 Å². The number of nitrogens with zero attached hydrogens (tertiary/aromatic N) is 2. The molecule has 0 amide bonds. The lowest BCUT2D eigenvalue weighted by molar-refractivity contribution is 0.361. The maximum atomic E-state index is 3.66. The van der Waals surface area contributed by atoms with Crippen molar-refractivity contribution in [2.45, 2.75) is 57.7 Å². The number of hydrogen-bond donors (Lipinski definition) is 1. The van der Waals surface area contributed by atoms with Gasteiger partial charge < -0.3 is 15.1 Å². The van der Waals surface area contributed by atoms with E-state index in [9.17, 15) is 0 Å². The Bertz CT molecular complexity index is 483. The van der Waals surface area contributed by atoms with Gasteiger partial charge in [-0.25, -0.2) is 0 Å². The molecule has 21 heavy (non-hydrogen) atoms. The van der Waals surface area contributed by atoms with Gasteiger partial charge in [0.25, 0.3) is 0 Å². The Hall–Kier alpha value is -1.22. The molecule has 1 N–H and O–H groups in total. The lowest BCUT2D eigenvalue weighted by atomic mass is 9.96. The van der Waals surface area contributed by atoms with Gasteiger partial charge in [-0.15, -0.1) is 0 Å². The first-order valence-corrected chi connectivity index (χ1v) is 8.39. The Morgan fingerprint density at radius 2 is 1.86 bits per heavy atom. The Kier molecular flexibility index (Phi) is 4.12. The van der Waals surface area contributed by atoms with E-state index >= 15 is 0 Å². The minimum Gasteiger partial charge on any atom is -0.377 e. The normalized spacial score (nSPS) is 28.0. The Morgan fingerprint density at radius 1 is 1.19 bits per heavy atom. The molecule has 0 spiro atoms. The summed E-state index contributed by atoms with van der Waals surface area (Å²) in [5, 5.41) is 3.66. The molecule has 2 unspecified atom stereocenters. The predicted molar refractivity (Wildman–Crippen MR) is 91.5 cm³/mol. The van der Waals surface area contributed by atoms with Gasteiger partial charge in [-0.2, -0.15) is 0 Å². The molecule has 116 valence electrons. The Labute approximate surface area is 129 Å². The summed E-state index contributed by atoms with van der Waals surface area (Å²) in [6.45, 7) is 5.52. The van der Waals surface area contributed by atoms with Gasteiger partial charge in [-0.05, 0) is 56.8 Å². The first-order valence-electron chi connectivity index (χ1n) is 8.39. The summed E-state index contributed by atoms with van der Waals surface area (Å²) in [5.74, 6) is 0. The number of piperidine rings is 1. The van der Waals surface area contributed by atoms with E-state index in [0.29, 0.717) is 0 Å².